The quantitative estimate of drug-likeness (QED) is 0.125. The molecule has 15 heteroatoms. The molecule has 2 aliphatic heterocycles. The van der Waals surface area contributed by atoms with Crippen LogP contribution in [0.15, 0.2) is 0 Å². The van der Waals surface area contributed by atoms with Gasteiger partial charge in [0, 0.05) is 25.7 Å². The number of aliphatic hydroxyl groups excluding tert-OH is 4. The molecule has 0 radical (unpaired) electrons. The first-order valence-corrected chi connectivity index (χ1v) is 16.2. The van der Waals surface area contributed by atoms with E-state index in [2.05, 4.69) is 0 Å². The summed E-state index contributed by atoms with van der Waals surface area (Å²) >= 11 is 0. The van der Waals surface area contributed by atoms with Crippen molar-refractivity contribution in [1.29, 1.82) is 0 Å². The maximum Gasteiger partial charge on any atom is 0.306 e. The molecule has 0 aromatic rings. The topological polar surface area (TPSA) is 214 Å². The van der Waals surface area contributed by atoms with E-state index in [0.29, 0.717) is 0 Å². The van der Waals surface area contributed by atoms with E-state index >= 15 is 0 Å². The lowest BCUT2D eigenvalue weighted by Crippen LogP contribution is -2.64. The van der Waals surface area contributed by atoms with Crippen LogP contribution < -0.4 is 0 Å². The van der Waals surface area contributed by atoms with Crippen molar-refractivity contribution >= 4 is 23.9 Å². The van der Waals surface area contributed by atoms with E-state index in [1.807, 2.05) is 13.8 Å². The Bertz CT molecular complexity index is 1030. The van der Waals surface area contributed by atoms with E-state index in [4.69, 9.17) is 33.2 Å². The van der Waals surface area contributed by atoms with E-state index < -0.39 is 98.5 Å². The van der Waals surface area contributed by atoms with Gasteiger partial charge in [-0.3, -0.25) is 19.2 Å². The number of carbonyl (C=O) groups excluding carboxylic acids is 4. The molecule has 2 aliphatic rings. The van der Waals surface area contributed by atoms with Crippen molar-refractivity contribution in [3.05, 3.63) is 0 Å². The van der Waals surface area contributed by atoms with Gasteiger partial charge in [0.25, 0.3) is 0 Å². The van der Waals surface area contributed by atoms with Gasteiger partial charge >= 0.3 is 23.9 Å². The third-order valence-electron chi connectivity index (χ3n) is 7.28. The molecule has 0 aliphatic carbocycles. The maximum atomic E-state index is 13.0. The predicted molar refractivity (Wildman–Crippen MR) is 162 cm³/mol. The summed E-state index contributed by atoms with van der Waals surface area (Å²) in [4.78, 5) is 50.8. The number of ether oxygens (including phenoxy) is 7. The fourth-order valence-electron chi connectivity index (χ4n) is 5.06. The van der Waals surface area contributed by atoms with Crippen molar-refractivity contribution in [2.45, 2.75) is 136 Å². The van der Waals surface area contributed by atoms with E-state index in [-0.39, 0.29) is 49.4 Å². The van der Waals surface area contributed by atoms with Crippen LogP contribution >= 0.6 is 0 Å². The molecular weight excluding hydrogens is 624 g/mol. The average Bonchev–Trinajstić information content (AvgIpc) is 3.19. The smallest absolute Gasteiger partial charge is 0.306 e. The maximum absolute atomic E-state index is 13.0. The largest absolute Gasteiger partial charge is 0.463 e. The predicted octanol–water partition coefficient (Wildman–Crippen LogP) is 0.992. The molecule has 0 saturated carbocycles. The van der Waals surface area contributed by atoms with Gasteiger partial charge in [0.15, 0.2) is 12.2 Å². The van der Waals surface area contributed by atoms with Crippen molar-refractivity contribution in [3.8, 4) is 0 Å². The highest BCUT2D eigenvalue weighted by atomic mass is 16.8. The molecule has 47 heavy (non-hydrogen) atoms. The van der Waals surface area contributed by atoms with Crippen LogP contribution in [0.3, 0.4) is 0 Å². The van der Waals surface area contributed by atoms with E-state index in [1.165, 1.54) is 0 Å². The fourth-order valence-corrected chi connectivity index (χ4v) is 5.06. The number of rotatable bonds is 17. The average molecular weight is 679 g/mol. The number of hydrogen-bond donors (Lipinski definition) is 4. The molecule has 0 bridgehead atoms. The molecule has 0 spiro atoms. The molecule has 2 heterocycles. The summed E-state index contributed by atoms with van der Waals surface area (Å²) in [6, 6.07) is 0. The highest BCUT2D eigenvalue weighted by molar-refractivity contribution is 5.71. The summed E-state index contributed by atoms with van der Waals surface area (Å²) in [6.07, 6.45) is -13.4. The van der Waals surface area contributed by atoms with E-state index in [1.54, 1.807) is 41.5 Å². The molecule has 2 saturated heterocycles. The van der Waals surface area contributed by atoms with Gasteiger partial charge in [-0.05, 0) is 23.7 Å². The summed E-state index contributed by atoms with van der Waals surface area (Å²) in [5.41, 5.74) is 0. The summed E-state index contributed by atoms with van der Waals surface area (Å²) in [5, 5.41) is 42.9. The Morgan fingerprint density at radius 3 is 1.66 bits per heavy atom. The van der Waals surface area contributed by atoms with Crippen LogP contribution in [0.1, 0.15) is 81.1 Å². The van der Waals surface area contributed by atoms with Crippen molar-refractivity contribution in [2.75, 3.05) is 19.8 Å². The summed E-state index contributed by atoms with van der Waals surface area (Å²) in [5.74, 6) is -5.58. The van der Waals surface area contributed by atoms with Crippen molar-refractivity contribution in [3.63, 3.8) is 0 Å². The first kappa shape index (κ1) is 40.8. The van der Waals surface area contributed by atoms with Gasteiger partial charge in [-0.1, -0.05) is 55.4 Å². The molecular formula is C32H54O15. The zero-order chi connectivity index (χ0) is 35.6. The van der Waals surface area contributed by atoms with Crippen LogP contribution in [0.4, 0.5) is 0 Å². The Hall–Kier alpha value is -2.40. The fraction of sp³-hybridized carbons (Fsp3) is 0.875. The summed E-state index contributed by atoms with van der Waals surface area (Å²) in [7, 11) is 0. The lowest BCUT2D eigenvalue weighted by atomic mass is 9.98. The molecule has 0 aromatic carbocycles. The van der Waals surface area contributed by atoms with Gasteiger partial charge in [0.2, 0.25) is 12.1 Å². The first-order valence-electron chi connectivity index (χ1n) is 16.2. The molecule has 0 unspecified atom stereocenters. The minimum atomic E-state index is -2.37. The molecule has 0 amide bonds. The van der Waals surface area contributed by atoms with E-state index in [0.717, 1.165) is 0 Å². The normalized spacial score (nSPS) is 31.0. The van der Waals surface area contributed by atoms with Crippen molar-refractivity contribution in [2.24, 2.45) is 23.7 Å². The zero-order valence-corrected chi connectivity index (χ0v) is 28.7. The van der Waals surface area contributed by atoms with Gasteiger partial charge in [-0.15, -0.1) is 0 Å². The van der Waals surface area contributed by atoms with Crippen LogP contribution in [0.5, 0.6) is 0 Å². The summed E-state index contributed by atoms with van der Waals surface area (Å²) in [6.45, 7) is 12.2. The highest BCUT2D eigenvalue weighted by Crippen LogP contribution is 2.40. The van der Waals surface area contributed by atoms with Crippen LogP contribution in [0, 0.1) is 23.7 Å². The second kappa shape index (κ2) is 18.4. The third-order valence-corrected chi connectivity index (χ3v) is 7.28. The Morgan fingerprint density at radius 1 is 0.660 bits per heavy atom. The second-order valence-corrected chi connectivity index (χ2v) is 13.9. The lowest BCUT2D eigenvalue weighted by molar-refractivity contribution is -0.384. The van der Waals surface area contributed by atoms with Crippen molar-refractivity contribution < 1.29 is 72.8 Å². The standard InChI is InChI=1S/C32H54O15/c1-16(2)9-22(34)41-14-21-27(39)30(45-25(37)12-19(7)8)32(46-21,15-42-23(35)10-17(3)4)47-31-29(44-24(36)11-18(5)6)28(40)26(38)20(13-33)43-31/h16-21,26-31,33,38-40H,9-15H2,1-8H3/t20-,21-,26-,27-,28+,29-,30+,31-,32+/m1/s1. The first-order chi connectivity index (χ1) is 21.9. The van der Waals surface area contributed by atoms with Crippen LogP contribution in [0.2, 0.25) is 0 Å². The SMILES string of the molecule is CC(C)CC(=O)OC[C@H]1O[C@@](COC(=O)CC(C)C)(O[C@H]2O[C@H](CO)[C@@H](O)[C@H](O)[C@H]2OC(=O)CC(C)C)[C@@H](OC(=O)CC(C)C)[C@@H]1O. The number of carbonyl (C=O) groups is 4. The molecule has 15 nitrogen and oxygen atoms in total. The minimum Gasteiger partial charge on any atom is -0.463 e. The Balaban J connectivity index is 2.58. The second-order valence-electron chi connectivity index (χ2n) is 13.9. The summed E-state index contributed by atoms with van der Waals surface area (Å²) < 4.78 is 40.0. The van der Waals surface area contributed by atoms with Gasteiger partial charge in [0.1, 0.15) is 43.7 Å². The van der Waals surface area contributed by atoms with E-state index in [9.17, 15) is 39.6 Å². The number of esters is 4. The molecule has 272 valence electrons. The minimum absolute atomic E-state index is 0.0143. The number of hydrogen-bond acceptors (Lipinski definition) is 15. The highest BCUT2D eigenvalue weighted by Gasteiger charge is 2.62. The van der Waals surface area contributed by atoms with Gasteiger partial charge in [0.05, 0.1) is 6.61 Å². The van der Waals surface area contributed by atoms with Gasteiger partial charge < -0.3 is 53.6 Å². The van der Waals surface area contributed by atoms with Gasteiger partial charge in [-0.2, -0.15) is 0 Å². The van der Waals surface area contributed by atoms with Crippen LogP contribution in [0.25, 0.3) is 0 Å². The lowest BCUT2D eigenvalue weighted by Gasteiger charge is -2.45. The zero-order valence-electron chi connectivity index (χ0n) is 28.7. The van der Waals surface area contributed by atoms with Crippen LogP contribution in [-0.2, 0) is 52.3 Å². The molecule has 2 rings (SSSR count). The number of aliphatic hydroxyl groups is 4. The van der Waals surface area contributed by atoms with Gasteiger partial charge in [-0.25, -0.2) is 0 Å². The third kappa shape index (κ3) is 12.2. The molecule has 0 aromatic heterocycles. The molecule has 2 fully saturated rings. The molecule has 4 N–H and O–H groups in total. The van der Waals surface area contributed by atoms with Crippen molar-refractivity contribution in [1.82, 2.24) is 0 Å². The monoisotopic (exact) mass is 678 g/mol. The van der Waals surface area contributed by atoms with Crippen LogP contribution in [-0.4, -0.2) is 119 Å². The Labute approximate surface area is 276 Å². The Kier molecular flexibility index (Phi) is 16.0. The molecule has 9 atom stereocenters. The Morgan fingerprint density at radius 2 is 1.15 bits per heavy atom.